The Morgan fingerprint density at radius 3 is 3.00 bits per heavy atom. The molecule has 1 aliphatic carbocycles. The van der Waals surface area contributed by atoms with Crippen LogP contribution < -0.4 is 0 Å². The maximum absolute atomic E-state index is 6.23. The lowest BCUT2D eigenvalue weighted by molar-refractivity contribution is 0.202. The summed E-state index contributed by atoms with van der Waals surface area (Å²) >= 11 is 8.00. The molecule has 0 N–H and O–H groups in total. The standard InChI is InChI=1S/C11H16ClNS/c1-11(2)4-3-8(12)7-9(11)10-13-5-6-14-10/h5-6,8-9H,3-4,7H2,1-2H3. The Balaban J connectivity index is 2.22. The van der Waals surface area contributed by atoms with E-state index in [4.69, 9.17) is 11.6 Å². The van der Waals surface area contributed by atoms with Crippen LogP contribution in [0.1, 0.15) is 44.0 Å². The number of aromatic nitrogens is 1. The van der Waals surface area contributed by atoms with Crippen molar-refractivity contribution >= 4 is 22.9 Å². The van der Waals surface area contributed by atoms with E-state index in [1.54, 1.807) is 11.3 Å². The minimum atomic E-state index is 0.344. The molecule has 14 heavy (non-hydrogen) atoms. The average Bonchev–Trinajstić information content (AvgIpc) is 2.62. The molecule has 1 aromatic rings. The van der Waals surface area contributed by atoms with Crippen LogP contribution in [0.15, 0.2) is 11.6 Å². The fourth-order valence-corrected chi connectivity index (χ4v) is 3.49. The van der Waals surface area contributed by atoms with Crippen LogP contribution >= 0.6 is 22.9 Å². The van der Waals surface area contributed by atoms with E-state index in [-0.39, 0.29) is 0 Å². The summed E-state index contributed by atoms with van der Waals surface area (Å²) in [4.78, 5) is 4.43. The predicted octanol–water partition coefficient (Wildman–Crippen LogP) is 4.04. The predicted molar refractivity (Wildman–Crippen MR) is 62.1 cm³/mol. The summed E-state index contributed by atoms with van der Waals surface area (Å²) in [5.74, 6) is 0.554. The van der Waals surface area contributed by atoms with Crippen LogP contribution in [-0.2, 0) is 0 Å². The van der Waals surface area contributed by atoms with E-state index in [1.165, 1.54) is 11.4 Å². The molecule has 1 aliphatic rings. The molecule has 1 nitrogen and oxygen atoms in total. The maximum Gasteiger partial charge on any atom is 0.0961 e. The monoisotopic (exact) mass is 229 g/mol. The van der Waals surface area contributed by atoms with Gasteiger partial charge in [-0.2, -0.15) is 0 Å². The van der Waals surface area contributed by atoms with Gasteiger partial charge in [0.15, 0.2) is 0 Å². The Hall–Kier alpha value is -0.0800. The first-order valence-corrected chi connectivity index (χ1v) is 6.44. The van der Waals surface area contributed by atoms with E-state index in [9.17, 15) is 0 Å². The fourth-order valence-electron chi connectivity index (χ4n) is 2.24. The molecule has 1 heterocycles. The zero-order chi connectivity index (χ0) is 10.2. The molecule has 2 atom stereocenters. The van der Waals surface area contributed by atoms with Crippen LogP contribution in [0, 0.1) is 5.41 Å². The Labute approximate surface area is 94.5 Å². The van der Waals surface area contributed by atoms with Crippen LogP contribution in [0.3, 0.4) is 0 Å². The fraction of sp³-hybridized carbons (Fsp3) is 0.727. The van der Waals surface area contributed by atoms with Crippen molar-refractivity contribution in [1.82, 2.24) is 4.98 Å². The van der Waals surface area contributed by atoms with Gasteiger partial charge in [0.1, 0.15) is 0 Å². The van der Waals surface area contributed by atoms with Crippen molar-refractivity contribution in [3.63, 3.8) is 0 Å². The van der Waals surface area contributed by atoms with Crippen molar-refractivity contribution in [3.8, 4) is 0 Å². The van der Waals surface area contributed by atoms with Crippen LogP contribution in [0.2, 0.25) is 0 Å². The third kappa shape index (κ3) is 1.96. The zero-order valence-electron chi connectivity index (χ0n) is 8.66. The topological polar surface area (TPSA) is 12.9 Å². The summed E-state index contributed by atoms with van der Waals surface area (Å²) in [6.07, 6.45) is 5.35. The number of nitrogens with zero attached hydrogens (tertiary/aromatic N) is 1. The lowest BCUT2D eigenvalue weighted by Crippen LogP contribution is -2.30. The second-order valence-corrected chi connectivity index (χ2v) is 6.33. The van der Waals surface area contributed by atoms with Gasteiger partial charge in [0.2, 0.25) is 0 Å². The highest BCUT2D eigenvalue weighted by molar-refractivity contribution is 7.09. The molecular weight excluding hydrogens is 214 g/mol. The number of thiazole rings is 1. The van der Waals surface area contributed by atoms with Gasteiger partial charge in [-0.05, 0) is 24.7 Å². The second kappa shape index (κ2) is 3.82. The van der Waals surface area contributed by atoms with Gasteiger partial charge in [0.05, 0.1) is 5.01 Å². The summed E-state index contributed by atoms with van der Waals surface area (Å²) in [5, 5.41) is 3.67. The molecule has 1 saturated carbocycles. The highest BCUT2D eigenvalue weighted by atomic mass is 35.5. The largest absolute Gasteiger partial charge is 0.249 e. The van der Waals surface area contributed by atoms with Crippen molar-refractivity contribution in [2.24, 2.45) is 5.41 Å². The van der Waals surface area contributed by atoms with Gasteiger partial charge in [-0.1, -0.05) is 13.8 Å². The lowest BCUT2D eigenvalue weighted by atomic mass is 9.69. The Bertz CT molecular complexity index is 294. The lowest BCUT2D eigenvalue weighted by Gasteiger charge is -2.39. The van der Waals surface area contributed by atoms with E-state index in [1.807, 2.05) is 6.20 Å². The Morgan fingerprint density at radius 1 is 1.57 bits per heavy atom. The van der Waals surface area contributed by atoms with Crippen molar-refractivity contribution in [3.05, 3.63) is 16.6 Å². The first-order chi connectivity index (χ1) is 6.59. The first-order valence-electron chi connectivity index (χ1n) is 5.13. The van der Waals surface area contributed by atoms with Gasteiger partial charge in [-0.15, -0.1) is 22.9 Å². The normalized spacial score (nSPS) is 31.6. The first kappa shape index (κ1) is 10.4. The quantitative estimate of drug-likeness (QED) is 0.663. The molecule has 0 bridgehead atoms. The molecule has 3 heteroatoms. The van der Waals surface area contributed by atoms with Crippen LogP contribution in [0.25, 0.3) is 0 Å². The van der Waals surface area contributed by atoms with Gasteiger partial charge in [0.25, 0.3) is 0 Å². The number of hydrogen-bond acceptors (Lipinski definition) is 2. The zero-order valence-corrected chi connectivity index (χ0v) is 10.2. The average molecular weight is 230 g/mol. The number of hydrogen-bond donors (Lipinski definition) is 0. The van der Waals surface area contributed by atoms with Crippen LogP contribution in [0.5, 0.6) is 0 Å². The molecule has 2 rings (SSSR count). The van der Waals surface area contributed by atoms with Crippen molar-refractivity contribution < 1.29 is 0 Å². The Morgan fingerprint density at radius 2 is 2.36 bits per heavy atom. The van der Waals surface area contributed by atoms with Crippen LogP contribution in [-0.4, -0.2) is 10.4 Å². The highest BCUT2D eigenvalue weighted by Gasteiger charge is 2.37. The molecule has 0 amide bonds. The SMILES string of the molecule is CC1(C)CCC(Cl)CC1c1nccs1. The molecule has 0 spiro atoms. The van der Waals surface area contributed by atoms with Gasteiger partial charge >= 0.3 is 0 Å². The summed E-state index contributed by atoms with van der Waals surface area (Å²) in [6.45, 7) is 4.67. The van der Waals surface area contributed by atoms with E-state index in [0.29, 0.717) is 16.7 Å². The molecule has 0 aliphatic heterocycles. The summed E-state index contributed by atoms with van der Waals surface area (Å²) in [6, 6.07) is 0. The molecule has 1 aromatic heterocycles. The summed E-state index contributed by atoms with van der Waals surface area (Å²) in [5.41, 5.74) is 0.364. The molecule has 0 radical (unpaired) electrons. The smallest absolute Gasteiger partial charge is 0.0961 e. The summed E-state index contributed by atoms with van der Waals surface area (Å²) in [7, 11) is 0. The van der Waals surface area contributed by atoms with Gasteiger partial charge < -0.3 is 0 Å². The van der Waals surface area contributed by atoms with E-state index >= 15 is 0 Å². The maximum atomic E-state index is 6.23. The summed E-state index contributed by atoms with van der Waals surface area (Å²) < 4.78 is 0. The highest BCUT2D eigenvalue weighted by Crippen LogP contribution is 2.48. The molecule has 2 unspecified atom stereocenters. The van der Waals surface area contributed by atoms with Crippen molar-refractivity contribution in [1.29, 1.82) is 0 Å². The number of halogens is 1. The molecule has 0 saturated heterocycles. The molecule has 0 aromatic carbocycles. The van der Waals surface area contributed by atoms with Gasteiger partial charge in [0, 0.05) is 22.9 Å². The van der Waals surface area contributed by atoms with E-state index in [2.05, 4.69) is 24.2 Å². The van der Waals surface area contributed by atoms with Crippen molar-refractivity contribution in [2.45, 2.75) is 44.4 Å². The third-order valence-corrected chi connectivity index (χ3v) is 4.57. The van der Waals surface area contributed by atoms with Gasteiger partial charge in [-0.3, -0.25) is 0 Å². The van der Waals surface area contributed by atoms with Gasteiger partial charge in [-0.25, -0.2) is 4.98 Å². The molecule has 1 fully saturated rings. The minimum absolute atomic E-state index is 0.344. The Kier molecular flexibility index (Phi) is 2.85. The van der Waals surface area contributed by atoms with Crippen LogP contribution in [0.4, 0.5) is 0 Å². The second-order valence-electron chi connectivity index (χ2n) is 4.78. The number of alkyl halides is 1. The van der Waals surface area contributed by atoms with E-state index < -0.39 is 0 Å². The number of rotatable bonds is 1. The minimum Gasteiger partial charge on any atom is -0.249 e. The van der Waals surface area contributed by atoms with E-state index in [0.717, 1.165) is 12.8 Å². The third-order valence-electron chi connectivity index (χ3n) is 3.29. The molecular formula is C11H16ClNS. The molecule has 78 valence electrons. The van der Waals surface area contributed by atoms with Crippen molar-refractivity contribution in [2.75, 3.05) is 0 Å².